The van der Waals surface area contributed by atoms with E-state index in [1.807, 2.05) is 6.07 Å². The van der Waals surface area contributed by atoms with Crippen LogP contribution in [0.25, 0.3) is 0 Å². The van der Waals surface area contributed by atoms with E-state index >= 15 is 0 Å². The lowest BCUT2D eigenvalue weighted by atomic mass is 10.1. The number of hydrogen-bond acceptors (Lipinski definition) is 3. The number of halogens is 2. The van der Waals surface area contributed by atoms with Gasteiger partial charge in [-0.3, -0.25) is 10.1 Å². The highest BCUT2D eigenvalue weighted by Gasteiger charge is 2.05. The zero-order chi connectivity index (χ0) is 15.2. The predicted octanol–water partition coefficient (Wildman–Crippen LogP) is 4.23. The maximum absolute atomic E-state index is 10.6. The number of nitrogens with one attached hydrogen (secondary N) is 1. The summed E-state index contributed by atoms with van der Waals surface area (Å²) in [5, 5.41) is 15.1. The van der Waals surface area contributed by atoms with Crippen LogP contribution < -0.4 is 5.32 Å². The molecule has 2 aromatic rings. The molecule has 0 aliphatic carbocycles. The van der Waals surface area contributed by atoms with Gasteiger partial charge in [-0.2, -0.15) is 0 Å². The lowest BCUT2D eigenvalue weighted by Crippen LogP contribution is -2.17. The second-order valence-corrected chi connectivity index (χ2v) is 5.36. The molecule has 0 atom stereocenters. The van der Waals surface area contributed by atoms with E-state index < -0.39 is 4.92 Å². The summed E-state index contributed by atoms with van der Waals surface area (Å²) in [5.41, 5.74) is 2.03. The van der Waals surface area contributed by atoms with Crippen molar-refractivity contribution in [2.45, 2.75) is 13.0 Å². The lowest BCUT2D eigenvalue weighted by molar-refractivity contribution is -0.384. The van der Waals surface area contributed by atoms with Crippen molar-refractivity contribution in [1.29, 1.82) is 0 Å². The SMILES string of the molecule is O=[N+]([O-])c1ccc(CCNCc2c(Cl)cccc2Cl)cc1. The summed E-state index contributed by atoms with van der Waals surface area (Å²) in [6.45, 7) is 1.32. The largest absolute Gasteiger partial charge is 0.312 e. The van der Waals surface area contributed by atoms with Gasteiger partial charge in [0.15, 0.2) is 0 Å². The maximum Gasteiger partial charge on any atom is 0.269 e. The first-order chi connectivity index (χ1) is 10.1. The first-order valence-corrected chi connectivity index (χ1v) is 7.20. The Labute approximate surface area is 132 Å². The number of nitro groups is 1. The molecule has 110 valence electrons. The Balaban J connectivity index is 1.83. The summed E-state index contributed by atoms with van der Waals surface area (Å²) in [5.74, 6) is 0. The van der Waals surface area contributed by atoms with Crippen molar-refractivity contribution in [1.82, 2.24) is 5.32 Å². The van der Waals surface area contributed by atoms with Crippen LogP contribution in [0.15, 0.2) is 42.5 Å². The molecule has 2 aromatic carbocycles. The van der Waals surface area contributed by atoms with Crippen LogP contribution in [-0.4, -0.2) is 11.5 Å². The molecule has 21 heavy (non-hydrogen) atoms. The summed E-state index contributed by atoms with van der Waals surface area (Å²) >= 11 is 12.2. The van der Waals surface area contributed by atoms with Crippen LogP contribution in [-0.2, 0) is 13.0 Å². The van der Waals surface area contributed by atoms with E-state index in [0.717, 1.165) is 24.1 Å². The topological polar surface area (TPSA) is 55.2 Å². The van der Waals surface area contributed by atoms with E-state index in [4.69, 9.17) is 23.2 Å². The van der Waals surface area contributed by atoms with Crippen LogP contribution in [0.2, 0.25) is 10.0 Å². The van der Waals surface area contributed by atoms with Gasteiger partial charge in [-0.1, -0.05) is 41.4 Å². The molecule has 0 aliphatic rings. The van der Waals surface area contributed by atoms with Gasteiger partial charge in [-0.25, -0.2) is 0 Å². The first kappa shape index (κ1) is 15.8. The van der Waals surface area contributed by atoms with Crippen molar-refractivity contribution in [2.75, 3.05) is 6.54 Å². The predicted molar refractivity (Wildman–Crippen MR) is 85.0 cm³/mol. The fourth-order valence-electron chi connectivity index (χ4n) is 1.93. The van der Waals surface area contributed by atoms with E-state index in [9.17, 15) is 10.1 Å². The molecule has 0 fully saturated rings. The van der Waals surface area contributed by atoms with Gasteiger partial charge in [-0.15, -0.1) is 0 Å². The van der Waals surface area contributed by atoms with Crippen molar-refractivity contribution in [3.05, 3.63) is 73.8 Å². The third kappa shape index (κ3) is 4.43. The van der Waals surface area contributed by atoms with Crippen LogP contribution in [0.3, 0.4) is 0 Å². The third-order valence-electron chi connectivity index (χ3n) is 3.10. The number of nitro benzene ring substituents is 1. The molecule has 0 unspecified atom stereocenters. The number of nitrogens with zero attached hydrogens (tertiary/aromatic N) is 1. The minimum absolute atomic E-state index is 0.106. The Hall–Kier alpha value is -1.62. The van der Waals surface area contributed by atoms with Crippen molar-refractivity contribution in [2.24, 2.45) is 0 Å². The highest BCUT2D eigenvalue weighted by atomic mass is 35.5. The average molecular weight is 325 g/mol. The molecule has 4 nitrogen and oxygen atoms in total. The van der Waals surface area contributed by atoms with Crippen LogP contribution >= 0.6 is 23.2 Å². The summed E-state index contributed by atoms with van der Waals surface area (Å²) in [6, 6.07) is 12.0. The Kier molecular flexibility index (Phi) is 5.56. The Morgan fingerprint density at radius 2 is 1.67 bits per heavy atom. The van der Waals surface area contributed by atoms with Gasteiger partial charge >= 0.3 is 0 Å². The molecule has 2 rings (SSSR count). The minimum Gasteiger partial charge on any atom is -0.312 e. The second-order valence-electron chi connectivity index (χ2n) is 4.55. The Morgan fingerprint density at radius 3 is 2.24 bits per heavy atom. The van der Waals surface area contributed by atoms with Crippen LogP contribution in [0, 0.1) is 10.1 Å². The molecule has 0 aliphatic heterocycles. The van der Waals surface area contributed by atoms with Gasteiger partial charge in [-0.05, 0) is 30.7 Å². The van der Waals surface area contributed by atoms with E-state index in [-0.39, 0.29) is 5.69 Å². The van der Waals surface area contributed by atoms with Crippen LogP contribution in [0.4, 0.5) is 5.69 Å². The Bertz CT molecular complexity index is 610. The minimum atomic E-state index is -0.401. The standard InChI is InChI=1S/C15H14Cl2N2O2/c16-14-2-1-3-15(17)13(14)10-18-9-8-11-4-6-12(7-5-11)19(20)21/h1-7,18H,8-10H2. The molecule has 6 heteroatoms. The summed E-state index contributed by atoms with van der Waals surface area (Å²) in [7, 11) is 0. The van der Waals surface area contributed by atoms with Crippen molar-refractivity contribution in [3.63, 3.8) is 0 Å². The molecular weight excluding hydrogens is 311 g/mol. The Morgan fingerprint density at radius 1 is 1.05 bits per heavy atom. The summed E-state index contributed by atoms with van der Waals surface area (Å²) < 4.78 is 0. The van der Waals surface area contributed by atoms with Gasteiger partial charge < -0.3 is 5.32 Å². The molecule has 0 saturated heterocycles. The molecule has 0 heterocycles. The smallest absolute Gasteiger partial charge is 0.269 e. The van der Waals surface area contributed by atoms with Gasteiger partial charge in [0.1, 0.15) is 0 Å². The molecule has 0 amide bonds. The highest BCUT2D eigenvalue weighted by molar-refractivity contribution is 6.35. The third-order valence-corrected chi connectivity index (χ3v) is 3.81. The quantitative estimate of drug-likeness (QED) is 0.491. The number of benzene rings is 2. The summed E-state index contributed by atoms with van der Waals surface area (Å²) in [4.78, 5) is 10.2. The zero-order valence-electron chi connectivity index (χ0n) is 11.2. The van der Waals surface area contributed by atoms with Gasteiger partial charge in [0.25, 0.3) is 5.69 Å². The van der Waals surface area contributed by atoms with E-state index in [1.54, 1.807) is 24.3 Å². The lowest BCUT2D eigenvalue weighted by Gasteiger charge is -2.08. The molecule has 0 saturated carbocycles. The number of rotatable bonds is 6. The monoisotopic (exact) mass is 324 g/mol. The van der Waals surface area contributed by atoms with Crippen molar-refractivity contribution < 1.29 is 4.92 Å². The molecule has 0 bridgehead atoms. The van der Waals surface area contributed by atoms with E-state index in [2.05, 4.69) is 5.32 Å². The fraction of sp³-hybridized carbons (Fsp3) is 0.200. The molecule has 0 aromatic heterocycles. The van der Waals surface area contributed by atoms with Crippen molar-refractivity contribution in [3.8, 4) is 0 Å². The second kappa shape index (κ2) is 7.41. The number of hydrogen-bond donors (Lipinski definition) is 1. The fourth-order valence-corrected chi connectivity index (χ4v) is 2.46. The molecule has 0 spiro atoms. The van der Waals surface area contributed by atoms with Gasteiger partial charge in [0, 0.05) is 34.3 Å². The molecule has 0 radical (unpaired) electrons. The molecular formula is C15H14Cl2N2O2. The van der Waals surface area contributed by atoms with Gasteiger partial charge in [0.2, 0.25) is 0 Å². The normalized spacial score (nSPS) is 10.6. The van der Waals surface area contributed by atoms with Crippen LogP contribution in [0.5, 0.6) is 0 Å². The molecule has 1 N–H and O–H groups in total. The highest BCUT2D eigenvalue weighted by Crippen LogP contribution is 2.23. The first-order valence-electron chi connectivity index (χ1n) is 6.45. The maximum atomic E-state index is 10.6. The zero-order valence-corrected chi connectivity index (χ0v) is 12.7. The average Bonchev–Trinajstić information content (AvgIpc) is 2.46. The van der Waals surface area contributed by atoms with Gasteiger partial charge in [0.05, 0.1) is 4.92 Å². The van der Waals surface area contributed by atoms with E-state index in [0.29, 0.717) is 16.6 Å². The summed E-state index contributed by atoms with van der Waals surface area (Å²) in [6.07, 6.45) is 0.778. The van der Waals surface area contributed by atoms with E-state index in [1.165, 1.54) is 12.1 Å². The number of non-ortho nitro benzene ring substituents is 1. The van der Waals surface area contributed by atoms with Crippen LogP contribution in [0.1, 0.15) is 11.1 Å². The van der Waals surface area contributed by atoms with Crippen molar-refractivity contribution >= 4 is 28.9 Å².